The van der Waals surface area contributed by atoms with Crippen LogP contribution in [0.4, 0.5) is 5.69 Å². The molecule has 0 aliphatic heterocycles. The second-order valence-electron chi connectivity index (χ2n) is 8.81. The van der Waals surface area contributed by atoms with Crippen molar-refractivity contribution in [3.8, 4) is 22.8 Å². The number of aromatic amines is 1. The van der Waals surface area contributed by atoms with Gasteiger partial charge in [0.05, 0.1) is 13.4 Å². The van der Waals surface area contributed by atoms with Crippen LogP contribution in [-0.4, -0.2) is 31.9 Å². The molecule has 0 saturated heterocycles. The Morgan fingerprint density at radius 1 is 1.03 bits per heavy atom. The van der Waals surface area contributed by atoms with Crippen molar-refractivity contribution in [2.75, 3.05) is 18.1 Å². The summed E-state index contributed by atoms with van der Waals surface area (Å²) >= 11 is 0. The van der Waals surface area contributed by atoms with E-state index in [1.165, 1.54) is 6.07 Å². The van der Waals surface area contributed by atoms with Crippen LogP contribution in [0.1, 0.15) is 37.5 Å². The van der Waals surface area contributed by atoms with Gasteiger partial charge in [-0.05, 0) is 46.9 Å². The summed E-state index contributed by atoms with van der Waals surface area (Å²) in [6.07, 6.45) is 4.90. The van der Waals surface area contributed by atoms with E-state index < -0.39 is 10.0 Å². The van der Waals surface area contributed by atoms with E-state index in [4.69, 9.17) is 4.74 Å². The second-order valence-corrected chi connectivity index (χ2v) is 10.6. The summed E-state index contributed by atoms with van der Waals surface area (Å²) in [5, 5.41) is 10.3. The summed E-state index contributed by atoms with van der Waals surface area (Å²) in [6, 6.07) is 13.8. The molecule has 3 rings (SSSR count). The molecule has 7 nitrogen and oxygen atoms in total. The molecule has 174 valence electrons. The summed E-state index contributed by atoms with van der Waals surface area (Å²) in [5.41, 5.74) is 3.71. The Morgan fingerprint density at radius 3 is 2.24 bits per heavy atom. The van der Waals surface area contributed by atoms with E-state index in [2.05, 4.69) is 30.5 Å². The third kappa shape index (κ3) is 6.04. The van der Waals surface area contributed by atoms with Crippen molar-refractivity contribution in [3.63, 3.8) is 0 Å². The van der Waals surface area contributed by atoms with E-state index in [0.717, 1.165) is 28.5 Å². The fourth-order valence-electron chi connectivity index (χ4n) is 3.47. The maximum absolute atomic E-state index is 11.5. The average molecular weight is 469 g/mol. The lowest BCUT2D eigenvalue weighted by Gasteiger charge is -2.25. The van der Waals surface area contributed by atoms with Crippen LogP contribution < -0.4 is 15.0 Å². The Morgan fingerprint density at radius 2 is 1.70 bits per heavy atom. The standard InChI is InChI=1S/C25H28N2O5S/c1-25(2,3)21-15-18(20-12-13-22(28)26-24(20)29)14-17(23(21)32-4)9-6-16-7-10-19(11-8-16)27-33(5,30)31/h6-15,27H,1-5H3,(H2,26,28,29)/b9-6+. The maximum Gasteiger partial charge on any atom is 0.250 e. The zero-order chi connectivity index (χ0) is 24.4. The van der Waals surface area contributed by atoms with Gasteiger partial charge < -0.3 is 9.84 Å². The monoisotopic (exact) mass is 468 g/mol. The molecule has 2 aromatic carbocycles. The predicted octanol–water partition coefficient (Wildman–Crippen LogP) is 4.60. The number of pyridine rings is 1. The molecule has 0 aliphatic rings. The number of ether oxygens (including phenoxy) is 1. The van der Waals surface area contributed by atoms with Crippen molar-refractivity contribution < 1.29 is 18.3 Å². The van der Waals surface area contributed by atoms with E-state index in [-0.39, 0.29) is 16.9 Å². The van der Waals surface area contributed by atoms with Gasteiger partial charge in [-0.25, -0.2) is 8.42 Å². The lowest BCUT2D eigenvalue weighted by Crippen LogP contribution is -2.14. The van der Waals surface area contributed by atoms with Crippen molar-refractivity contribution in [2.24, 2.45) is 0 Å². The summed E-state index contributed by atoms with van der Waals surface area (Å²) in [6.45, 7) is 6.22. The first kappa shape index (κ1) is 24.1. The van der Waals surface area contributed by atoms with Crippen molar-refractivity contribution in [1.82, 2.24) is 4.98 Å². The number of methoxy groups -OCH3 is 1. The number of hydrogen-bond acceptors (Lipinski definition) is 5. The highest BCUT2D eigenvalue weighted by atomic mass is 32.2. The van der Waals surface area contributed by atoms with Gasteiger partial charge in [-0.2, -0.15) is 0 Å². The van der Waals surface area contributed by atoms with Gasteiger partial charge in [0.15, 0.2) is 5.88 Å². The first-order valence-electron chi connectivity index (χ1n) is 10.3. The molecule has 0 spiro atoms. The molecule has 0 amide bonds. The van der Waals surface area contributed by atoms with Crippen LogP contribution in [0.3, 0.4) is 0 Å². The minimum Gasteiger partial charge on any atom is -0.496 e. The molecule has 3 aromatic rings. The quantitative estimate of drug-likeness (QED) is 0.458. The highest BCUT2D eigenvalue weighted by molar-refractivity contribution is 7.92. The smallest absolute Gasteiger partial charge is 0.250 e. The van der Waals surface area contributed by atoms with Gasteiger partial charge in [-0.3, -0.25) is 14.5 Å². The van der Waals surface area contributed by atoms with E-state index in [9.17, 15) is 18.3 Å². The lowest BCUT2D eigenvalue weighted by atomic mass is 9.83. The van der Waals surface area contributed by atoms with E-state index in [0.29, 0.717) is 17.0 Å². The van der Waals surface area contributed by atoms with E-state index in [1.54, 1.807) is 37.4 Å². The largest absolute Gasteiger partial charge is 0.496 e. The second kappa shape index (κ2) is 9.15. The summed E-state index contributed by atoms with van der Waals surface area (Å²) in [4.78, 5) is 14.0. The van der Waals surface area contributed by atoms with Gasteiger partial charge >= 0.3 is 0 Å². The van der Waals surface area contributed by atoms with Gasteiger partial charge in [0.2, 0.25) is 10.0 Å². The number of anilines is 1. The van der Waals surface area contributed by atoms with Gasteiger partial charge in [0, 0.05) is 28.4 Å². The Hall–Kier alpha value is -3.52. The molecule has 1 heterocycles. The number of hydrogen-bond donors (Lipinski definition) is 3. The minimum atomic E-state index is -3.34. The van der Waals surface area contributed by atoms with Gasteiger partial charge in [-0.15, -0.1) is 0 Å². The number of H-pyrrole nitrogens is 1. The first-order valence-corrected chi connectivity index (χ1v) is 12.2. The van der Waals surface area contributed by atoms with Crippen molar-refractivity contribution >= 4 is 27.9 Å². The predicted molar refractivity (Wildman–Crippen MR) is 133 cm³/mol. The molecule has 0 atom stereocenters. The Kier molecular flexibility index (Phi) is 6.69. The van der Waals surface area contributed by atoms with Gasteiger partial charge in [0.1, 0.15) is 5.75 Å². The SMILES string of the molecule is COc1c(/C=C/c2ccc(NS(C)(=O)=O)cc2)cc(-c2ccc(=O)[nH]c2O)cc1C(C)(C)C. The van der Waals surface area contributed by atoms with Crippen LogP contribution in [0, 0.1) is 0 Å². The fourth-order valence-corrected chi connectivity index (χ4v) is 4.04. The highest BCUT2D eigenvalue weighted by Crippen LogP contribution is 2.40. The van der Waals surface area contributed by atoms with Crippen molar-refractivity contribution in [2.45, 2.75) is 26.2 Å². The first-order chi connectivity index (χ1) is 15.4. The zero-order valence-electron chi connectivity index (χ0n) is 19.3. The molecule has 33 heavy (non-hydrogen) atoms. The summed E-state index contributed by atoms with van der Waals surface area (Å²) in [7, 11) is -1.72. The highest BCUT2D eigenvalue weighted by Gasteiger charge is 2.23. The molecule has 0 bridgehead atoms. The topological polar surface area (TPSA) is 108 Å². The molecule has 3 N–H and O–H groups in total. The molecule has 0 radical (unpaired) electrons. The van der Waals surface area contributed by atoms with Crippen LogP contribution in [0.15, 0.2) is 53.3 Å². The van der Waals surface area contributed by atoms with Crippen LogP contribution in [0.2, 0.25) is 0 Å². The summed E-state index contributed by atoms with van der Waals surface area (Å²) in [5.74, 6) is 0.512. The summed E-state index contributed by atoms with van der Waals surface area (Å²) < 4.78 is 31.0. The van der Waals surface area contributed by atoms with Crippen LogP contribution in [-0.2, 0) is 15.4 Å². The third-order valence-corrected chi connectivity index (χ3v) is 5.61. The van der Waals surface area contributed by atoms with Crippen LogP contribution >= 0.6 is 0 Å². The molecule has 0 fully saturated rings. The number of benzene rings is 2. The molecular formula is C25H28N2O5S. The number of rotatable bonds is 6. The van der Waals surface area contributed by atoms with Crippen molar-refractivity contribution in [1.29, 1.82) is 0 Å². The van der Waals surface area contributed by atoms with Crippen LogP contribution in [0.5, 0.6) is 11.6 Å². The number of nitrogens with one attached hydrogen (secondary N) is 2. The molecule has 0 saturated carbocycles. The molecule has 1 aromatic heterocycles. The molecular weight excluding hydrogens is 440 g/mol. The Labute approximate surface area is 193 Å². The van der Waals surface area contributed by atoms with E-state index >= 15 is 0 Å². The maximum atomic E-state index is 11.5. The molecule has 0 unspecified atom stereocenters. The van der Waals surface area contributed by atoms with E-state index in [1.807, 2.05) is 24.3 Å². The van der Waals surface area contributed by atoms with Crippen molar-refractivity contribution in [3.05, 3.63) is 75.6 Å². The normalized spacial score (nSPS) is 12.2. The zero-order valence-corrected chi connectivity index (χ0v) is 20.1. The number of aromatic hydroxyl groups is 1. The Balaban J connectivity index is 2.09. The number of sulfonamides is 1. The van der Waals surface area contributed by atoms with Crippen LogP contribution in [0.25, 0.3) is 23.3 Å². The Bertz CT molecular complexity index is 1350. The third-order valence-electron chi connectivity index (χ3n) is 5.01. The average Bonchev–Trinajstić information content (AvgIpc) is 2.71. The lowest BCUT2D eigenvalue weighted by molar-refractivity contribution is 0.396. The number of aromatic nitrogens is 1. The fraction of sp³-hybridized carbons (Fsp3) is 0.240. The molecule has 8 heteroatoms. The minimum absolute atomic E-state index is 0.198. The van der Waals surface area contributed by atoms with Gasteiger partial charge in [0.25, 0.3) is 5.56 Å². The van der Waals surface area contributed by atoms with Gasteiger partial charge in [-0.1, -0.05) is 45.1 Å². The molecule has 0 aliphatic carbocycles.